The Hall–Kier alpha value is -2.94. The molecular formula is C22H23F3N4O2. The van der Waals surface area contributed by atoms with Crippen LogP contribution in [0.15, 0.2) is 36.7 Å². The fraction of sp³-hybridized carbons (Fsp3) is 0.409. The van der Waals surface area contributed by atoms with E-state index in [0.717, 1.165) is 6.07 Å². The molecule has 0 spiro atoms. The number of fused-ring (bicyclic) bond motifs is 1. The van der Waals surface area contributed by atoms with Gasteiger partial charge in [0.2, 0.25) is 0 Å². The minimum atomic E-state index is -4.56. The van der Waals surface area contributed by atoms with Crippen molar-refractivity contribution in [1.82, 2.24) is 15.2 Å². The number of aromatic nitrogens is 3. The maximum atomic E-state index is 13.0. The van der Waals surface area contributed by atoms with E-state index in [1.807, 2.05) is 25.7 Å². The summed E-state index contributed by atoms with van der Waals surface area (Å²) in [5.74, 6) is 0.0468. The maximum absolute atomic E-state index is 13.0. The normalized spacial score (nSPS) is 24.5. The van der Waals surface area contributed by atoms with Crippen LogP contribution in [0.2, 0.25) is 0 Å². The summed E-state index contributed by atoms with van der Waals surface area (Å²) < 4.78 is 38.9. The van der Waals surface area contributed by atoms with E-state index in [4.69, 9.17) is 0 Å². The standard InChI is InChI=1S/C22H23F3N4O2/c1-12-10-29(11-13(2)21(12,3)31)20-17-9-26-7-6-15(17)19(27-28-20)16-5-4-14(8-18(16)30)22(23,24)25/h4-9,12-13,30-31H,10-11H2,1-3H3/t12-,13+,21?. The summed E-state index contributed by atoms with van der Waals surface area (Å²) >= 11 is 0. The summed E-state index contributed by atoms with van der Waals surface area (Å²) in [6, 6.07) is 4.50. The van der Waals surface area contributed by atoms with Gasteiger partial charge in [-0.15, -0.1) is 10.2 Å². The summed E-state index contributed by atoms with van der Waals surface area (Å²) in [6.07, 6.45) is -1.36. The largest absolute Gasteiger partial charge is 0.507 e. The van der Waals surface area contributed by atoms with Gasteiger partial charge in [0, 0.05) is 53.7 Å². The second-order valence-corrected chi connectivity index (χ2v) is 8.46. The molecule has 2 N–H and O–H groups in total. The molecule has 164 valence electrons. The molecule has 0 radical (unpaired) electrons. The maximum Gasteiger partial charge on any atom is 0.416 e. The number of pyridine rings is 1. The van der Waals surface area contributed by atoms with Crippen LogP contribution in [0.3, 0.4) is 0 Å². The monoisotopic (exact) mass is 432 g/mol. The van der Waals surface area contributed by atoms with Gasteiger partial charge in [0.1, 0.15) is 11.4 Å². The van der Waals surface area contributed by atoms with Gasteiger partial charge in [-0.2, -0.15) is 13.2 Å². The van der Waals surface area contributed by atoms with Crippen molar-refractivity contribution < 1.29 is 23.4 Å². The van der Waals surface area contributed by atoms with Crippen LogP contribution >= 0.6 is 0 Å². The van der Waals surface area contributed by atoms with Crippen molar-refractivity contribution in [3.05, 3.63) is 42.2 Å². The summed E-state index contributed by atoms with van der Waals surface area (Å²) in [5, 5.41) is 30.9. The third kappa shape index (κ3) is 3.67. The van der Waals surface area contributed by atoms with Crippen LogP contribution in [-0.4, -0.2) is 44.1 Å². The Balaban J connectivity index is 1.80. The number of alkyl halides is 3. The summed E-state index contributed by atoms with van der Waals surface area (Å²) in [7, 11) is 0. The highest BCUT2D eigenvalue weighted by atomic mass is 19.4. The average Bonchev–Trinajstić information content (AvgIpc) is 2.71. The van der Waals surface area contributed by atoms with Crippen LogP contribution in [0.1, 0.15) is 26.3 Å². The van der Waals surface area contributed by atoms with Crippen LogP contribution in [-0.2, 0) is 6.18 Å². The van der Waals surface area contributed by atoms with Crippen molar-refractivity contribution in [2.24, 2.45) is 11.8 Å². The van der Waals surface area contributed by atoms with E-state index in [2.05, 4.69) is 15.2 Å². The van der Waals surface area contributed by atoms with E-state index in [0.29, 0.717) is 35.7 Å². The molecule has 0 saturated carbocycles. The van der Waals surface area contributed by atoms with E-state index < -0.39 is 23.1 Å². The Kier molecular flexibility index (Phi) is 5.04. The summed E-state index contributed by atoms with van der Waals surface area (Å²) in [4.78, 5) is 6.23. The zero-order chi connectivity index (χ0) is 22.6. The lowest BCUT2D eigenvalue weighted by atomic mass is 9.76. The van der Waals surface area contributed by atoms with Crippen molar-refractivity contribution in [2.45, 2.75) is 32.5 Å². The molecule has 1 saturated heterocycles. The highest BCUT2D eigenvalue weighted by molar-refractivity contribution is 6.00. The molecule has 3 atom stereocenters. The average molecular weight is 432 g/mol. The fourth-order valence-corrected chi connectivity index (χ4v) is 4.09. The number of anilines is 1. The molecule has 1 fully saturated rings. The molecule has 1 unspecified atom stereocenters. The summed E-state index contributed by atoms with van der Waals surface area (Å²) in [5.41, 5.74) is -1.30. The molecular weight excluding hydrogens is 409 g/mol. The Morgan fingerprint density at radius 1 is 1.06 bits per heavy atom. The third-order valence-electron chi connectivity index (χ3n) is 6.43. The molecule has 0 amide bonds. The molecule has 31 heavy (non-hydrogen) atoms. The number of piperidine rings is 1. The van der Waals surface area contributed by atoms with Gasteiger partial charge < -0.3 is 15.1 Å². The highest BCUT2D eigenvalue weighted by Gasteiger charge is 2.41. The second-order valence-electron chi connectivity index (χ2n) is 8.46. The molecule has 4 rings (SSSR count). The molecule has 1 aromatic carbocycles. The van der Waals surface area contributed by atoms with Crippen LogP contribution in [0.4, 0.5) is 19.0 Å². The van der Waals surface area contributed by atoms with Crippen LogP contribution in [0, 0.1) is 11.8 Å². The van der Waals surface area contributed by atoms with E-state index in [-0.39, 0.29) is 23.1 Å². The molecule has 3 heterocycles. The minimum Gasteiger partial charge on any atom is -0.507 e. The first-order chi connectivity index (χ1) is 14.5. The zero-order valence-electron chi connectivity index (χ0n) is 17.4. The molecule has 2 aromatic heterocycles. The number of benzene rings is 1. The van der Waals surface area contributed by atoms with E-state index in [1.165, 1.54) is 6.07 Å². The van der Waals surface area contributed by atoms with Crippen LogP contribution in [0.5, 0.6) is 5.75 Å². The third-order valence-corrected chi connectivity index (χ3v) is 6.43. The Bertz CT molecular complexity index is 1120. The lowest BCUT2D eigenvalue weighted by molar-refractivity contribution is -0.137. The smallest absolute Gasteiger partial charge is 0.416 e. The van der Waals surface area contributed by atoms with Crippen molar-refractivity contribution in [3.8, 4) is 17.0 Å². The number of nitrogens with zero attached hydrogens (tertiary/aromatic N) is 4. The number of aromatic hydroxyl groups is 1. The molecule has 9 heteroatoms. The Morgan fingerprint density at radius 3 is 2.35 bits per heavy atom. The molecule has 1 aliphatic heterocycles. The topological polar surface area (TPSA) is 82.4 Å². The molecule has 1 aliphatic rings. The van der Waals surface area contributed by atoms with E-state index in [9.17, 15) is 23.4 Å². The first kappa shape index (κ1) is 21.3. The molecule has 0 aliphatic carbocycles. The van der Waals surface area contributed by atoms with Crippen molar-refractivity contribution in [1.29, 1.82) is 0 Å². The number of phenols is 1. The summed E-state index contributed by atoms with van der Waals surface area (Å²) in [6.45, 7) is 6.93. The molecule has 6 nitrogen and oxygen atoms in total. The SMILES string of the molecule is C[C@@H]1CN(c2nnc(-c3ccc(C(F)(F)F)cc3O)c3ccncc23)C[C@H](C)C1(C)O. The lowest BCUT2D eigenvalue weighted by Crippen LogP contribution is -2.55. The van der Waals surface area contributed by atoms with Gasteiger partial charge in [0.05, 0.1) is 11.2 Å². The van der Waals surface area contributed by atoms with Crippen molar-refractivity contribution in [2.75, 3.05) is 18.0 Å². The van der Waals surface area contributed by atoms with E-state index >= 15 is 0 Å². The number of rotatable bonds is 2. The number of aliphatic hydroxyl groups is 1. The number of halogens is 3. The van der Waals surface area contributed by atoms with Gasteiger partial charge in [-0.1, -0.05) is 13.8 Å². The molecule has 3 aromatic rings. The van der Waals surface area contributed by atoms with Crippen LogP contribution < -0.4 is 4.90 Å². The van der Waals surface area contributed by atoms with Crippen molar-refractivity contribution in [3.63, 3.8) is 0 Å². The zero-order valence-corrected chi connectivity index (χ0v) is 17.4. The Labute approximate surface area is 177 Å². The number of phenolic OH excluding ortho intramolecular Hbond substituents is 1. The minimum absolute atomic E-state index is 0.0107. The molecule has 0 bridgehead atoms. The predicted molar refractivity (Wildman–Crippen MR) is 111 cm³/mol. The van der Waals surface area contributed by atoms with Gasteiger partial charge in [0.15, 0.2) is 5.82 Å². The van der Waals surface area contributed by atoms with Gasteiger partial charge in [-0.25, -0.2) is 0 Å². The Morgan fingerprint density at radius 2 is 1.74 bits per heavy atom. The van der Waals surface area contributed by atoms with Gasteiger partial charge in [-0.3, -0.25) is 4.98 Å². The van der Waals surface area contributed by atoms with Gasteiger partial charge in [-0.05, 0) is 31.2 Å². The highest BCUT2D eigenvalue weighted by Crippen LogP contribution is 2.40. The quantitative estimate of drug-likeness (QED) is 0.630. The van der Waals surface area contributed by atoms with Gasteiger partial charge in [0.25, 0.3) is 0 Å². The van der Waals surface area contributed by atoms with E-state index in [1.54, 1.807) is 18.5 Å². The number of hydrogen-bond donors (Lipinski definition) is 2. The first-order valence-electron chi connectivity index (χ1n) is 9.98. The first-order valence-corrected chi connectivity index (χ1v) is 9.98. The number of hydrogen-bond acceptors (Lipinski definition) is 6. The fourth-order valence-electron chi connectivity index (χ4n) is 4.09. The van der Waals surface area contributed by atoms with Crippen LogP contribution in [0.25, 0.3) is 22.0 Å². The lowest BCUT2D eigenvalue weighted by Gasteiger charge is -2.46. The second kappa shape index (κ2) is 7.33. The van der Waals surface area contributed by atoms with Gasteiger partial charge >= 0.3 is 6.18 Å². The predicted octanol–water partition coefficient (Wildman–Crippen LogP) is 4.26. The van der Waals surface area contributed by atoms with Crippen molar-refractivity contribution >= 4 is 16.6 Å².